The highest BCUT2D eigenvalue weighted by Crippen LogP contribution is 2.23. The van der Waals surface area contributed by atoms with Gasteiger partial charge in [0.25, 0.3) is 0 Å². The van der Waals surface area contributed by atoms with E-state index >= 15 is 0 Å². The summed E-state index contributed by atoms with van der Waals surface area (Å²) in [5, 5.41) is 8.69. The molecular formula is C10H20N2O3S. The van der Waals surface area contributed by atoms with Crippen molar-refractivity contribution in [1.82, 2.24) is 9.21 Å². The lowest BCUT2D eigenvalue weighted by Crippen LogP contribution is -2.52. The van der Waals surface area contributed by atoms with Crippen LogP contribution >= 0.6 is 0 Å². The first-order valence-corrected chi connectivity index (χ1v) is 7.57. The lowest BCUT2D eigenvalue weighted by molar-refractivity contribution is 0.158. The second kappa shape index (κ2) is 5.00. The number of rotatable bonds is 4. The van der Waals surface area contributed by atoms with Crippen molar-refractivity contribution in [3.63, 3.8) is 0 Å². The Bertz CT molecular complexity index is 331. The van der Waals surface area contributed by atoms with Gasteiger partial charge in [0.2, 0.25) is 10.0 Å². The molecular weight excluding hydrogens is 228 g/mol. The van der Waals surface area contributed by atoms with Gasteiger partial charge < -0.3 is 5.11 Å². The van der Waals surface area contributed by atoms with Crippen molar-refractivity contribution in [2.24, 2.45) is 0 Å². The molecule has 1 atom stereocenters. The fourth-order valence-corrected chi connectivity index (χ4v) is 4.10. The van der Waals surface area contributed by atoms with Crippen LogP contribution in [-0.2, 0) is 10.0 Å². The minimum Gasteiger partial charge on any atom is -0.396 e. The number of hydrogen-bond donors (Lipinski definition) is 1. The van der Waals surface area contributed by atoms with Gasteiger partial charge in [-0.15, -0.1) is 0 Å². The zero-order valence-electron chi connectivity index (χ0n) is 9.51. The summed E-state index contributed by atoms with van der Waals surface area (Å²) < 4.78 is 25.5. The highest BCUT2D eigenvalue weighted by molar-refractivity contribution is 7.89. The molecule has 0 saturated carbocycles. The second-order valence-electron chi connectivity index (χ2n) is 4.58. The number of sulfonamides is 1. The number of nitrogens with zero attached hydrogens (tertiary/aromatic N) is 2. The van der Waals surface area contributed by atoms with Crippen molar-refractivity contribution in [2.45, 2.75) is 25.3 Å². The Balaban J connectivity index is 1.95. The Labute approximate surface area is 97.1 Å². The minimum atomic E-state index is -3.14. The summed E-state index contributed by atoms with van der Waals surface area (Å²) in [6.07, 6.45) is 2.65. The van der Waals surface area contributed by atoms with Crippen LogP contribution in [0.1, 0.15) is 19.3 Å². The molecule has 0 aromatic carbocycles. The van der Waals surface area contributed by atoms with Gasteiger partial charge in [0.15, 0.2) is 0 Å². The molecule has 2 heterocycles. The van der Waals surface area contributed by atoms with Crippen LogP contribution in [0.5, 0.6) is 0 Å². The van der Waals surface area contributed by atoms with E-state index in [1.165, 1.54) is 6.42 Å². The quantitative estimate of drug-likeness (QED) is 0.727. The maximum Gasteiger partial charge on any atom is 0.214 e. The van der Waals surface area contributed by atoms with Crippen LogP contribution in [0.25, 0.3) is 0 Å². The Morgan fingerprint density at radius 3 is 2.81 bits per heavy atom. The molecule has 2 aliphatic rings. The summed E-state index contributed by atoms with van der Waals surface area (Å²) in [6.45, 7) is 3.19. The van der Waals surface area contributed by atoms with Crippen LogP contribution in [0, 0.1) is 0 Å². The third-order valence-electron chi connectivity index (χ3n) is 3.50. The van der Waals surface area contributed by atoms with Gasteiger partial charge in [-0.05, 0) is 25.8 Å². The van der Waals surface area contributed by atoms with Crippen molar-refractivity contribution in [2.75, 3.05) is 38.5 Å². The standard InChI is InChI=1S/C10H20N2O3S/c13-7-2-8-16(14,15)12-6-5-11-4-1-3-10(11)9-12/h10,13H,1-9H2. The molecule has 0 bridgehead atoms. The van der Waals surface area contributed by atoms with Crippen molar-refractivity contribution in [3.05, 3.63) is 0 Å². The molecule has 16 heavy (non-hydrogen) atoms. The Hall–Kier alpha value is -0.170. The maximum atomic E-state index is 11.9. The van der Waals surface area contributed by atoms with E-state index < -0.39 is 10.0 Å². The zero-order valence-corrected chi connectivity index (χ0v) is 10.3. The third-order valence-corrected chi connectivity index (χ3v) is 5.43. The van der Waals surface area contributed by atoms with E-state index in [0.29, 0.717) is 25.6 Å². The summed E-state index contributed by atoms with van der Waals surface area (Å²) in [6, 6.07) is 0.428. The van der Waals surface area contributed by atoms with E-state index in [-0.39, 0.29) is 12.4 Å². The SMILES string of the molecule is O=S(=O)(CCCO)N1CCN2CCCC2C1. The van der Waals surface area contributed by atoms with Crippen LogP contribution in [0.4, 0.5) is 0 Å². The van der Waals surface area contributed by atoms with Crippen molar-refractivity contribution in [1.29, 1.82) is 0 Å². The second-order valence-corrected chi connectivity index (χ2v) is 6.67. The molecule has 0 aromatic rings. The van der Waals surface area contributed by atoms with Gasteiger partial charge in [0, 0.05) is 32.3 Å². The minimum absolute atomic E-state index is 0.0530. The van der Waals surface area contributed by atoms with Crippen molar-refractivity contribution in [3.8, 4) is 0 Å². The van der Waals surface area contributed by atoms with Gasteiger partial charge in [-0.1, -0.05) is 0 Å². The van der Waals surface area contributed by atoms with Crippen LogP contribution < -0.4 is 0 Å². The fraction of sp³-hybridized carbons (Fsp3) is 1.00. The highest BCUT2D eigenvalue weighted by atomic mass is 32.2. The number of fused-ring (bicyclic) bond motifs is 1. The van der Waals surface area contributed by atoms with Crippen molar-refractivity contribution < 1.29 is 13.5 Å². The lowest BCUT2D eigenvalue weighted by atomic mass is 10.2. The first kappa shape index (κ1) is 12.3. The topological polar surface area (TPSA) is 60.9 Å². The van der Waals surface area contributed by atoms with E-state index in [1.807, 2.05) is 0 Å². The smallest absolute Gasteiger partial charge is 0.214 e. The maximum absolute atomic E-state index is 11.9. The molecule has 2 aliphatic heterocycles. The third kappa shape index (κ3) is 2.56. The van der Waals surface area contributed by atoms with E-state index in [9.17, 15) is 8.42 Å². The molecule has 94 valence electrons. The molecule has 0 radical (unpaired) electrons. The monoisotopic (exact) mass is 248 g/mol. The predicted molar refractivity (Wildman–Crippen MR) is 61.7 cm³/mol. The van der Waals surface area contributed by atoms with Gasteiger partial charge in [0.1, 0.15) is 0 Å². The molecule has 1 N–H and O–H groups in total. The molecule has 2 fully saturated rings. The summed E-state index contributed by atoms with van der Waals surface area (Å²) in [7, 11) is -3.14. The number of piperazine rings is 1. The number of aliphatic hydroxyl groups excluding tert-OH is 1. The van der Waals surface area contributed by atoms with E-state index in [0.717, 1.165) is 19.5 Å². The van der Waals surface area contributed by atoms with E-state index in [1.54, 1.807) is 4.31 Å². The molecule has 5 nitrogen and oxygen atoms in total. The predicted octanol–water partition coefficient (Wildman–Crippen LogP) is -0.521. The summed E-state index contributed by atoms with van der Waals surface area (Å²) in [5.74, 6) is 0.0796. The van der Waals surface area contributed by atoms with Crippen LogP contribution in [0.15, 0.2) is 0 Å². The van der Waals surface area contributed by atoms with Crippen LogP contribution in [0.2, 0.25) is 0 Å². The molecule has 0 spiro atoms. The molecule has 1 unspecified atom stereocenters. The molecule has 0 aromatic heterocycles. The Kier molecular flexibility index (Phi) is 3.84. The lowest BCUT2D eigenvalue weighted by Gasteiger charge is -2.36. The molecule has 6 heteroatoms. The number of hydrogen-bond acceptors (Lipinski definition) is 4. The molecule has 0 amide bonds. The van der Waals surface area contributed by atoms with Gasteiger partial charge in [0.05, 0.1) is 5.75 Å². The van der Waals surface area contributed by atoms with Crippen molar-refractivity contribution >= 4 is 10.0 Å². The zero-order chi connectivity index (χ0) is 11.6. The normalized spacial score (nSPS) is 28.2. The summed E-state index contributed by atoms with van der Waals surface area (Å²) in [4.78, 5) is 2.39. The van der Waals surface area contributed by atoms with E-state index in [4.69, 9.17) is 5.11 Å². The Morgan fingerprint density at radius 1 is 1.25 bits per heavy atom. The molecule has 2 rings (SSSR count). The van der Waals surface area contributed by atoms with Crippen LogP contribution in [0.3, 0.4) is 0 Å². The van der Waals surface area contributed by atoms with Gasteiger partial charge >= 0.3 is 0 Å². The van der Waals surface area contributed by atoms with Crippen LogP contribution in [-0.4, -0.2) is 67.3 Å². The van der Waals surface area contributed by atoms with Gasteiger partial charge in [-0.3, -0.25) is 4.90 Å². The fourth-order valence-electron chi connectivity index (χ4n) is 2.59. The van der Waals surface area contributed by atoms with Gasteiger partial charge in [-0.25, -0.2) is 8.42 Å². The van der Waals surface area contributed by atoms with Gasteiger partial charge in [-0.2, -0.15) is 4.31 Å². The highest BCUT2D eigenvalue weighted by Gasteiger charge is 2.35. The Morgan fingerprint density at radius 2 is 2.06 bits per heavy atom. The van der Waals surface area contributed by atoms with E-state index in [2.05, 4.69) is 4.90 Å². The largest absolute Gasteiger partial charge is 0.396 e. The average molecular weight is 248 g/mol. The number of aliphatic hydroxyl groups is 1. The summed E-state index contributed by atoms with van der Waals surface area (Å²) in [5.41, 5.74) is 0. The molecule has 0 aliphatic carbocycles. The average Bonchev–Trinajstić information content (AvgIpc) is 2.73. The summed E-state index contributed by atoms with van der Waals surface area (Å²) >= 11 is 0. The first-order valence-electron chi connectivity index (χ1n) is 5.96. The first-order chi connectivity index (χ1) is 7.63. The molecule has 2 saturated heterocycles.